The maximum absolute atomic E-state index is 13.1. The molecule has 0 radical (unpaired) electrons. The van der Waals surface area contributed by atoms with Gasteiger partial charge in [0.2, 0.25) is 5.91 Å². The van der Waals surface area contributed by atoms with E-state index in [1.807, 2.05) is 20.0 Å². The highest BCUT2D eigenvalue weighted by atomic mass is 16.2. The summed E-state index contributed by atoms with van der Waals surface area (Å²) in [5, 5.41) is 7.48. The molecule has 0 spiro atoms. The maximum atomic E-state index is 13.1. The van der Waals surface area contributed by atoms with E-state index in [4.69, 9.17) is 0 Å². The van der Waals surface area contributed by atoms with Gasteiger partial charge in [0.1, 0.15) is 5.56 Å². The van der Waals surface area contributed by atoms with Gasteiger partial charge in [-0.05, 0) is 45.1 Å². The fraction of sp³-hybridized carbons (Fsp3) is 0.600. The number of carbonyl (C=O) groups excluding carboxylic acids is 2. The van der Waals surface area contributed by atoms with Crippen LogP contribution in [-0.4, -0.2) is 50.4 Å². The SMILES string of the molecule is Cc1cnc2c(C(=O)N3CCCC(C)(C(=O)NC4CCCC4)C3)cnn2c1. The van der Waals surface area contributed by atoms with Crippen LogP contribution in [0.3, 0.4) is 0 Å². The van der Waals surface area contributed by atoms with Crippen molar-refractivity contribution in [3.8, 4) is 0 Å². The summed E-state index contributed by atoms with van der Waals surface area (Å²) in [7, 11) is 0. The minimum atomic E-state index is -0.538. The van der Waals surface area contributed by atoms with E-state index >= 15 is 0 Å². The fourth-order valence-corrected chi connectivity index (χ4v) is 4.32. The van der Waals surface area contributed by atoms with Crippen LogP contribution in [0.4, 0.5) is 0 Å². The Morgan fingerprint density at radius 3 is 2.78 bits per heavy atom. The van der Waals surface area contributed by atoms with Crippen molar-refractivity contribution in [3.05, 3.63) is 29.7 Å². The monoisotopic (exact) mass is 369 g/mol. The lowest BCUT2D eigenvalue weighted by Crippen LogP contribution is -2.53. The number of likely N-dealkylation sites (tertiary alicyclic amines) is 1. The molecule has 2 aliphatic rings. The quantitative estimate of drug-likeness (QED) is 0.901. The zero-order chi connectivity index (χ0) is 19.0. The van der Waals surface area contributed by atoms with Crippen molar-refractivity contribution in [1.82, 2.24) is 24.8 Å². The first-order chi connectivity index (χ1) is 13.0. The van der Waals surface area contributed by atoms with Crippen molar-refractivity contribution in [1.29, 1.82) is 0 Å². The largest absolute Gasteiger partial charge is 0.353 e. The van der Waals surface area contributed by atoms with Crippen LogP contribution in [0, 0.1) is 12.3 Å². The highest BCUT2D eigenvalue weighted by molar-refractivity contribution is 6.00. The normalized spacial score (nSPS) is 23.7. The van der Waals surface area contributed by atoms with Gasteiger partial charge in [0.25, 0.3) is 5.91 Å². The van der Waals surface area contributed by atoms with Crippen LogP contribution in [0.1, 0.15) is 61.4 Å². The molecule has 0 bridgehead atoms. The van der Waals surface area contributed by atoms with Crippen LogP contribution in [0.5, 0.6) is 0 Å². The summed E-state index contributed by atoms with van der Waals surface area (Å²) >= 11 is 0. The van der Waals surface area contributed by atoms with Crippen molar-refractivity contribution in [2.45, 2.75) is 58.4 Å². The van der Waals surface area contributed by atoms with Gasteiger partial charge in [-0.1, -0.05) is 12.8 Å². The van der Waals surface area contributed by atoms with E-state index in [9.17, 15) is 9.59 Å². The van der Waals surface area contributed by atoms with Gasteiger partial charge in [0.05, 0.1) is 11.6 Å². The van der Waals surface area contributed by atoms with E-state index in [1.54, 1.807) is 21.8 Å². The predicted octanol–water partition coefficient (Wildman–Crippen LogP) is 2.34. The van der Waals surface area contributed by atoms with Crippen molar-refractivity contribution in [2.75, 3.05) is 13.1 Å². The molecule has 2 aromatic heterocycles. The average Bonchev–Trinajstić information content (AvgIpc) is 3.30. The zero-order valence-electron chi connectivity index (χ0n) is 16.1. The number of hydrogen-bond acceptors (Lipinski definition) is 4. The summed E-state index contributed by atoms with van der Waals surface area (Å²) in [5.41, 5.74) is 1.51. The molecule has 2 fully saturated rings. The first-order valence-electron chi connectivity index (χ1n) is 9.86. The number of carbonyl (C=O) groups is 2. The smallest absolute Gasteiger partial charge is 0.259 e. The summed E-state index contributed by atoms with van der Waals surface area (Å²) in [4.78, 5) is 32.2. The number of amides is 2. The van der Waals surface area contributed by atoms with E-state index in [2.05, 4.69) is 15.4 Å². The van der Waals surface area contributed by atoms with Crippen molar-refractivity contribution in [2.24, 2.45) is 5.41 Å². The van der Waals surface area contributed by atoms with Gasteiger partial charge in [-0.2, -0.15) is 5.10 Å². The second-order valence-corrected chi connectivity index (χ2v) is 8.30. The van der Waals surface area contributed by atoms with Crippen LogP contribution in [0.25, 0.3) is 5.65 Å². The molecular weight excluding hydrogens is 342 g/mol. The van der Waals surface area contributed by atoms with E-state index < -0.39 is 5.41 Å². The highest BCUT2D eigenvalue weighted by Crippen LogP contribution is 2.32. The van der Waals surface area contributed by atoms with Crippen LogP contribution in [-0.2, 0) is 4.79 Å². The Kier molecular flexibility index (Phi) is 4.61. The first kappa shape index (κ1) is 17.9. The van der Waals surface area contributed by atoms with Crippen LogP contribution < -0.4 is 5.32 Å². The van der Waals surface area contributed by atoms with Gasteiger partial charge in [0.15, 0.2) is 5.65 Å². The van der Waals surface area contributed by atoms with E-state index in [-0.39, 0.29) is 11.8 Å². The number of fused-ring (bicyclic) bond motifs is 1. The Hall–Kier alpha value is -2.44. The molecule has 1 unspecified atom stereocenters. The van der Waals surface area contributed by atoms with Crippen molar-refractivity contribution < 1.29 is 9.59 Å². The third-order valence-electron chi connectivity index (χ3n) is 5.94. The molecule has 1 N–H and O–H groups in total. The molecule has 2 aromatic rings. The number of nitrogens with one attached hydrogen (secondary N) is 1. The Balaban J connectivity index is 1.51. The summed E-state index contributed by atoms with van der Waals surface area (Å²) in [6.07, 6.45) is 11.3. The molecule has 144 valence electrons. The molecule has 1 saturated carbocycles. The second kappa shape index (κ2) is 6.94. The van der Waals surface area contributed by atoms with Crippen LogP contribution >= 0.6 is 0 Å². The van der Waals surface area contributed by atoms with Crippen LogP contribution in [0.15, 0.2) is 18.6 Å². The molecular formula is C20H27N5O2. The number of rotatable bonds is 3. The van der Waals surface area contributed by atoms with Crippen LogP contribution in [0.2, 0.25) is 0 Å². The number of hydrogen-bond donors (Lipinski definition) is 1. The Morgan fingerprint density at radius 2 is 2.00 bits per heavy atom. The van der Waals surface area contributed by atoms with E-state index in [1.165, 1.54) is 12.8 Å². The lowest BCUT2D eigenvalue weighted by atomic mass is 9.80. The predicted molar refractivity (Wildman–Crippen MR) is 101 cm³/mol. The minimum absolute atomic E-state index is 0.0838. The van der Waals surface area contributed by atoms with Crippen molar-refractivity contribution in [3.63, 3.8) is 0 Å². The molecule has 0 aromatic carbocycles. The van der Waals surface area contributed by atoms with Gasteiger partial charge < -0.3 is 10.2 Å². The fourth-order valence-electron chi connectivity index (χ4n) is 4.32. The molecule has 1 aliphatic carbocycles. The molecule has 3 heterocycles. The molecule has 7 nitrogen and oxygen atoms in total. The molecule has 1 aliphatic heterocycles. The Morgan fingerprint density at radius 1 is 1.22 bits per heavy atom. The lowest BCUT2D eigenvalue weighted by molar-refractivity contribution is -0.133. The highest BCUT2D eigenvalue weighted by Gasteiger charge is 2.40. The molecule has 7 heteroatoms. The summed E-state index contributed by atoms with van der Waals surface area (Å²) in [6, 6.07) is 0.299. The van der Waals surface area contributed by atoms with Gasteiger partial charge in [0, 0.05) is 31.5 Å². The summed E-state index contributed by atoms with van der Waals surface area (Å²) in [6.45, 7) is 5.02. The molecule has 4 rings (SSSR count). The topological polar surface area (TPSA) is 79.6 Å². The first-order valence-corrected chi connectivity index (χ1v) is 9.86. The number of piperidine rings is 1. The Labute approximate surface area is 159 Å². The van der Waals surface area contributed by atoms with E-state index in [0.717, 1.165) is 31.2 Å². The molecule has 1 saturated heterocycles. The lowest BCUT2D eigenvalue weighted by Gasteiger charge is -2.39. The zero-order valence-corrected chi connectivity index (χ0v) is 16.1. The summed E-state index contributed by atoms with van der Waals surface area (Å²) in [5.74, 6) is -0.0125. The maximum Gasteiger partial charge on any atom is 0.259 e. The molecule has 2 amide bonds. The Bertz CT molecular complexity index is 870. The average molecular weight is 369 g/mol. The van der Waals surface area contributed by atoms with E-state index in [0.29, 0.717) is 30.3 Å². The summed E-state index contributed by atoms with van der Waals surface area (Å²) < 4.78 is 1.64. The van der Waals surface area contributed by atoms with Gasteiger partial charge in [-0.3, -0.25) is 9.59 Å². The number of aromatic nitrogens is 3. The number of aryl methyl sites for hydroxylation is 1. The standard InChI is InChI=1S/C20H27N5O2/c1-14-10-21-17-16(11-22-25(17)12-14)18(26)24-9-5-8-20(2,13-24)19(27)23-15-6-3-4-7-15/h10-12,15H,3-9,13H2,1-2H3,(H,23,27). The third kappa shape index (κ3) is 3.42. The second-order valence-electron chi connectivity index (χ2n) is 8.30. The van der Waals surface area contributed by atoms with Crippen molar-refractivity contribution >= 4 is 17.5 Å². The van der Waals surface area contributed by atoms with Gasteiger partial charge >= 0.3 is 0 Å². The number of nitrogens with zero attached hydrogens (tertiary/aromatic N) is 4. The van der Waals surface area contributed by atoms with Gasteiger partial charge in [-0.15, -0.1) is 0 Å². The molecule has 1 atom stereocenters. The minimum Gasteiger partial charge on any atom is -0.353 e. The van der Waals surface area contributed by atoms with Gasteiger partial charge in [-0.25, -0.2) is 9.50 Å². The third-order valence-corrected chi connectivity index (χ3v) is 5.94. The molecule has 27 heavy (non-hydrogen) atoms.